The second kappa shape index (κ2) is 6.70. The maximum atomic E-state index is 13.7. The zero-order chi connectivity index (χ0) is 17.2. The summed E-state index contributed by atoms with van der Waals surface area (Å²) in [6, 6.07) is 1.57. The molecule has 7 heteroatoms. The molecule has 0 bridgehead atoms. The fourth-order valence-electron chi connectivity index (χ4n) is 2.50. The molecule has 0 radical (unpaired) electrons. The van der Waals surface area contributed by atoms with Gasteiger partial charge in [-0.25, -0.2) is 13.6 Å². The second-order valence-corrected chi connectivity index (χ2v) is 6.40. The number of carbonyl (C=O) groups is 1. The summed E-state index contributed by atoms with van der Waals surface area (Å²) in [6.45, 7) is 6.74. The quantitative estimate of drug-likeness (QED) is 0.907. The van der Waals surface area contributed by atoms with Crippen LogP contribution in [-0.4, -0.2) is 43.3 Å². The summed E-state index contributed by atoms with van der Waals surface area (Å²) in [7, 11) is 1.38. The lowest BCUT2D eigenvalue weighted by Crippen LogP contribution is -2.50. The predicted octanol–water partition coefficient (Wildman–Crippen LogP) is 2.85. The lowest BCUT2D eigenvalue weighted by molar-refractivity contribution is 0.0115. The van der Waals surface area contributed by atoms with Gasteiger partial charge in [0.1, 0.15) is 11.4 Å². The lowest BCUT2D eigenvalue weighted by atomic mass is 10.0. The molecule has 23 heavy (non-hydrogen) atoms. The minimum Gasteiger partial charge on any atom is -0.496 e. The molecule has 1 amide bonds. The zero-order valence-corrected chi connectivity index (χ0v) is 13.8. The van der Waals surface area contributed by atoms with Crippen LogP contribution in [0.5, 0.6) is 5.75 Å². The number of benzene rings is 1. The number of halogens is 2. The summed E-state index contributed by atoms with van der Waals surface area (Å²) < 4.78 is 37.6. The third-order valence-electron chi connectivity index (χ3n) is 3.50. The second-order valence-electron chi connectivity index (χ2n) is 6.40. The van der Waals surface area contributed by atoms with Crippen LogP contribution in [0, 0.1) is 11.6 Å². The molecule has 1 aromatic rings. The number of hydrogen-bond acceptors (Lipinski definition) is 4. The van der Waals surface area contributed by atoms with Crippen molar-refractivity contribution in [3.05, 3.63) is 29.3 Å². The van der Waals surface area contributed by atoms with Gasteiger partial charge in [0, 0.05) is 31.3 Å². The van der Waals surface area contributed by atoms with Gasteiger partial charge in [-0.2, -0.15) is 0 Å². The van der Waals surface area contributed by atoms with Crippen molar-refractivity contribution in [2.45, 2.75) is 32.4 Å². The topological polar surface area (TPSA) is 50.8 Å². The van der Waals surface area contributed by atoms with Crippen molar-refractivity contribution >= 4 is 6.09 Å². The summed E-state index contributed by atoms with van der Waals surface area (Å²) >= 11 is 0. The van der Waals surface area contributed by atoms with Crippen molar-refractivity contribution in [3.63, 3.8) is 0 Å². The van der Waals surface area contributed by atoms with E-state index >= 15 is 0 Å². The van der Waals surface area contributed by atoms with E-state index in [4.69, 9.17) is 9.47 Å². The van der Waals surface area contributed by atoms with Gasteiger partial charge >= 0.3 is 6.09 Å². The van der Waals surface area contributed by atoms with Gasteiger partial charge in [-0.05, 0) is 26.8 Å². The molecule has 5 nitrogen and oxygen atoms in total. The number of nitrogens with one attached hydrogen (secondary N) is 1. The highest BCUT2D eigenvalue weighted by Gasteiger charge is 2.33. The van der Waals surface area contributed by atoms with E-state index in [9.17, 15) is 13.6 Å². The molecule has 1 saturated heterocycles. The largest absolute Gasteiger partial charge is 0.496 e. The predicted molar refractivity (Wildman–Crippen MR) is 81.5 cm³/mol. The van der Waals surface area contributed by atoms with Gasteiger partial charge < -0.3 is 14.8 Å². The lowest BCUT2D eigenvalue weighted by Gasteiger charge is -2.37. The number of amides is 1. The third kappa shape index (κ3) is 4.10. The Kier molecular flexibility index (Phi) is 5.09. The van der Waals surface area contributed by atoms with E-state index in [-0.39, 0.29) is 5.75 Å². The molecular weight excluding hydrogens is 306 g/mol. The molecule has 1 heterocycles. The van der Waals surface area contributed by atoms with Crippen LogP contribution >= 0.6 is 0 Å². The fourth-order valence-corrected chi connectivity index (χ4v) is 2.50. The molecule has 0 saturated carbocycles. The van der Waals surface area contributed by atoms with Gasteiger partial charge in [0.2, 0.25) is 0 Å². The Labute approximate surface area is 134 Å². The molecule has 1 unspecified atom stereocenters. The van der Waals surface area contributed by atoms with Crippen LogP contribution in [0.4, 0.5) is 13.6 Å². The maximum Gasteiger partial charge on any atom is 0.410 e. The minimum absolute atomic E-state index is 0.200. The van der Waals surface area contributed by atoms with Crippen molar-refractivity contribution in [2.24, 2.45) is 0 Å². The molecule has 1 aliphatic rings. The standard InChI is InChI=1S/C16H22F2N2O3/c1-16(2,3)23-15(21)20-6-5-19-9-13(20)10-7-11(17)12(18)8-14(10)22-4/h7-8,13,19H,5-6,9H2,1-4H3. The van der Waals surface area contributed by atoms with Gasteiger partial charge in [-0.3, -0.25) is 4.90 Å². The van der Waals surface area contributed by atoms with Crippen LogP contribution in [0.2, 0.25) is 0 Å². The minimum atomic E-state index is -0.988. The highest BCUT2D eigenvalue weighted by atomic mass is 19.2. The number of hydrogen-bond donors (Lipinski definition) is 1. The summed E-state index contributed by atoms with van der Waals surface area (Å²) in [6.07, 6.45) is -0.490. The molecule has 2 rings (SSSR count). The van der Waals surface area contributed by atoms with Gasteiger partial charge in [0.15, 0.2) is 11.6 Å². The Bertz CT molecular complexity index is 587. The molecule has 0 aromatic heterocycles. The maximum absolute atomic E-state index is 13.7. The molecule has 0 spiro atoms. The molecule has 128 valence electrons. The van der Waals surface area contributed by atoms with Crippen LogP contribution < -0.4 is 10.1 Å². The van der Waals surface area contributed by atoms with E-state index in [2.05, 4.69) is 5.32 Å². The van der Waals surface area contributed by atoms with E-state index in [1.165, 1.54) is 12.0 Å². The highest BCUT2D eigenvalue weighted by Crippen LogP contribution is 2.33. The number of carbonyl (C=O) groups excluding carboxylic acids is 1. The SMILES string of the molecule is COc1cc(F)c(F)cc1C1CNCCN1C(=O)OC(C)(C)C. The smallest absolute Gasteiger partial charge is 0.410 e. The van der Waals surface area contributed by atoms with Gasteiger partial charge in [0.05, 0.1) is 13.2 Å². The average Bonchev–Trinajstić information content (AvgIpc) is 2.48. The zero-order valence-electron chi connectivity index (χ0n) is 13.8. The van der Waals surface area contributed by atoms with Crippen LogP contribution in [0.1, 0.15) is 32.4 Å². The Morgan fingerprint density at radius 1 is 1.30 bits per heavy atom. The van der Waals surface area contributed by atoms with E-state index in [0.717, 1.165) is 12.1 Å². The van der Waals surface area contributed by atoms with Crippen molar-refractivity contribution in [2.75, 3.05) is 26.7 Å². The van der Waals surface area contributed by atoms with Crippen molar-refractivity contribution in [1.29, 1.82) is 0 Å². The number of ether oxygens (including phenoxy) is 2. The third-order valence-corrected chi connectivity index (χ3v) is 3.50. The molecule has 0 aliphatic carbocycles. The molecule has 1 fully saturated rings. The molecule has 1 aliphatic heterocycles. The normalized spacial score (nSPS) is 18.7. The van der Waals surface area contributed by atoms with E-state index in [0.29, 0.717) is 25.2 Å². The van der Waals surface area contributed by atoms with Crippen LogP contribution in [0.15, 0.2) is 12.1 Å². The number of piperazine rings is 1. The Balaban J connectivity index is 2.35. The van der Waals surface area contributed by atoms with E-state index in [1.807, 2.05) is 0 Å². The molecular formula is C16H22F2N2O3. The van der Waals surface area contributed by atoms with Gasteiger partial charge in [-0.15, -0.1) is 0 Å². The number of rotatable bonds is 2. The molecule has 1 N–H and O–H groups in total. The van der Waals surface area contributed by atoms with E-state index < -0.39 is 29.4 Å². The first-order chi connectivity index (χ1) is 10.7. The molecule has 1 aromatic carbocycles. The summed E-state index contributed by atoms with van der Waals surface area (Å²) in [5.74, 6) is -1.76. The Hall–Kier alpha value is -1.89. The number of methoxy groups -OCH3 is 1. The Morgan fingerprint density at radius 3 is 2.57 bits per heavy atom. The van der Waals surface area contributed by atoms with E-state index in [1.54, 1.807) is 20.8 Å². The van der Waals surface area contributed by atoms with Crippen LogP contribution in [0.25, 0.3) is 0 Å². The first-order valence-electron chi connectivity index (χ1n) is 7.46. The summed E-state index contributed by atoms with van der Waals surface area (Å²) in [5.41, 5.74) is -0.227. The monoisotopic (exact) mass is 328 g/mol. The average molecular weight is 328 g/mol. The first kappa shape index (κ1) is 17.5. The summed E-state index contributed by atoms with van der Waals surface area (Å²) in [5, 5.41) is 3.15. The van der Waals surface area contributed by atoms with Crippen molar-refractivity contribution < 1.29 is 23.0 Å². The van der Waals surface area contributed by atoms with Gasteiger partial charge in [-0.1, -0.05) is 0 Å². The van der Waals surface area contributed by atoms with Crippen molar-refractivity contribution in [1.82, 2.24) is 10.2 Å². The van der Waals surface area contributed by atoms with Crippen molar-refractivity contribution in [3.8, 4) is 5.75 Å². The highest BCUT2D eigenvalue weighted by molar-refractivity contribution is 5.69. The first-order valence-corrected chi connectivity index (χ1v) is 7.46. The number of nitrogens with zero attached hydrogens (tertiary/aromatic N) is 1. The van der Waals surface area contributed by atoms with Crippen LogP contribution in [-0.2, 0) is 4.74 Å². The molecule has 1 atom stereocenters. The Morgan fingerprint density at radius 2 is 1.96 bits per heavy atom. The fraction of sp³-hybridized carbons (Fsp3) is 0.562. The van der Waals surface area contributed by atoms with Crippen LogP contribution in [0.3, 0.4) is 0 Å². The van der Waals surface area contributed by atoms with Gasteiger partial charge in [0.25, 0.3) is 0 Å². The summed E-state index contributed by atoms with van der Waals surface area (Å²) in [4.78, 5) is 13.9.